The number of hydrogen-bond acceptors (Lipinski definition) is 2. The Bertz CT molecular complexity index is 565. The van der Waals surface area contributed by atoms with Crippen LogP contribution < -0.4 is 0 Å². The first-order valence-corrected chi connectivity index (χ1v) is 6.93. The van der Waals surface area contributed by atoms with Crippen LogP contribution in [-0.4, -0.2) is 35.0 Å². The van der Waals surface area contributed by atoms with E-state index in [0.29, 0.717) is 25.0 Å². The highest BCUT2D eigenvalue weighted by Gasteiger charge is 2.28. The second-order valence-corrected chi connectivity index (χ2v) is 5.31. The highest BCUT2D eigenvalue weighted by Crippen LogP contribution is 2.19. The Kier molecular flexibility index (Phi) is 4.73. The number of carbonyl (C=O) groups excluding carboxylic acids is 1. The van der Waals surface area contributed by atoms with Crippen LogP contribution in [0.5, 0.6) is 0 Å². The van der Waals surface area contributed by atoms with Crippen LogP contribution in [-0.2, 0) is 9.59 Å². The minimum atomic E-state index is -0.854. The molecule has 1 fully saturated rings. The van der Waals surface area contributed by atoms with Gasteiger partial charge in [0.15, 0.2) is 0 Å². The van der Waals surface area contributed by atoms with Crippen LogP contribution in [0.3, 0.4) is 0 Å². The van der Waals surface area contributed by atoms with E-state index in [-0.39, 0.29) is 18.3 Å². The molecular formula is C16H18FNO3. The summed E-state index contributed by atoms with van der Waals surface area (Å²) in [4.78, 5) is 24.9. The Morgan fingerprint density at radius 1 is 1.33 bits per heavy atom. The topological polar surface area (TPSA) is 57.6 Å². The predicted molar refractivity (Wildman–Crippen MR) is 77.0 cm³/mol. The van der Waals surface area contributed by atoms with Gasteiger partial charge in [-0.1, -0.05) is 12.1 Å². The molecule has 0 spiro atoms. The average molecular weight is 291 g/mol. The van der Waals surface area contributed by atoms with Crippen LogP contribution in [0.4, 0.5) is 4.39 Å². The molecule has 4 nitrogen and oxygen atoms in total. The smallest absolute Gasteiger partial charge is 0.308 e. The van der Waals surface area contributed by atoms with Gasteiger partial charge in [-0.3, -0.25) is 9.59 Å². The second kappa shape index (κ2) is 6.52. The lowest BCUT2D eigenvalue weighted by atomic mass is 9.97. The monoisotopic (exact) mass is 291 g/mol. The molecule has 1 aliphatic heterocycles. The number of halogens is 1. The Balaban J connectivity index is 2.08. The second-order valence-electron chi connectivity index (χ2n) is 5.31. The number of rotatable bonds is 3. The van der Waals surface area contributed by atoms with Crippen molar-refractivity contribution < 1.29 is 19.1 Å². The van der Waals surface area contributed by atoms with Crippen molar-refractivity contribution in [3.8, 4) is 0 Å². The molecular weight excluding hydrogens is 273 g/mol. The summed E-state index contributed by atoms with van der Waals surface area (Å²) in [6.45, 7) is 2.52. The Morgan fingerprint density at radius 3 is 2.62 bits per heavy atom. The molecule has 1 N–H and O–H groups in total. The number of aliphatic carboxylic acids is 1. The zero-order valence-corrected chi connectivity index (χ0v) is 11.9. The highest BCUT2D eigenvalue weighted by atomic mass is 19.1. The summed E-state index contributed by atoms with van der Waals surface area (Å²) in [6.07, 6.45) is 3.00. The molecule has 1 saturated heterocycles. The van der Waals surface area contributed by atoms with E-state index in [1.54, 1.807) is 30.0 Å². The van der Waals surface area contributed by atoms with Gasteiger partial charge in [-0.15, -0.1) is 0 Å². The number of carboxylic acid groups (broad SMARTS) is 1. The van der Waals surface area contributed by atoms with Crippen molar-refractivity contribution in [1.82, 2.24) is 4.90 Å². The quantitative estimate of drug-likeness (QED) is 0.871. The summed E-state index contributed by atoms with van der Waals surface area (Å²) >= 11 is 0. The van der Waals surface area contributed by atoms with E-state index in [4.69, 9.17) is 5.11 Å². The van der Waals surface area contributed by atoms with Crippen molar-refractivity contribution in [1.29, 1.82) is 0 Å². The first-order valence-electron chi connectivity index (χ1n) is 6.93. The molecule has 0 unspecified atom stereocenters. The third kappa shape index (κ3) is 3.90. The largest absolute Gasteiger partial charge is 0.481 e. The lowest BCUT2D eigenvalue weighted by Gasteiger charge is -2.31. The fourth-order valence-corrected chi connectivity index (χ4v) is 2.48. The maximum atomic E-state index is 12.8. The lowest BCUT2D eigenvalue weighted by Crippen LogP contribution is -2.42. The summed E-state index contributed by atoms with van der Waals surface area (Å²) in [5, 5.41) is 9.05. The summed E-state index contributed by atoms with van der Waals surface area (Å²) < 4.78 is 12.8. The zero-order valence-electron chi connectivity index (χ0n) is 11.9. The summed E-state index contributed by atoms with van der Waals surface area (Å²) in [6, 6.07) is 5.88. The van der Waals surface area contributed by atoms with Gasteiger partial charge in [-0.25, -0.2) is 4.39 Å². The molecule has 1 amide bonds. The number of amides is 1. The van der Waals surface area contributed by atoms with Crippen molar-refractivity contribution in [2.75, 3.05) is 13.1 Å². The molecule has 0 aromatic heterocycles. The molecule has 112 valence electrons. The molecule has 2 rings (SSSR count). The highest BCUT2D eigenvalue weighted by molar-refractivity contribution is 5.97. The van der Waals surface area contributed by atoms with Crippen LogP contribution in [0.25, 0.3) is 6.08 Å². The third-order valence-corrected chi connectivity index (χ3v) is 3.65. The Morgan fingerprint density at radius 2 is 2.00 bits per heavy atom. The van der Waals surface area contributed by atoms with Crippen molar-refractivity contribution >= 4 is 18.0 Å². The van der Waals surface area contributed by atoms with Gasteiger partial charge in [0.2, 0.25) is 5.91 Å². The molecule has 0 bridgehead atoms. The first-order chi connectivity index (χ1) is 9.97. The standard InChI is InChI=1S/C16H18FNO3/c1-11(9-12-4-6-14(17)7-5-12)15(19)18-8-2-3-13(10-18)16(20)21/h4-7,9,13H,2-3,8,10H2,1H3,(H,20,21)/b11-9-/t13-/m0/s1. The maximum Gasteiger partial charge on any atom is 0.308 e. The molecule has 21 heavy (non-hydrogen) atoms. The van der Waals surface area contributed by atoms with Gasteiger partial charge >= 0.3 is 5.97 Å². The predicted octanol–water partition coefficient (Wildman–Crippen LogP) is 2.55. The van der Waals surface area contributed by atoms with Gasteiger partial charge in [-0.05, 0) is 43.5 Å². The fourth-order valence-electron chi connectivity index (χ4n) is 2.48. The number of likely N-dealkylation sites (tertiary alicyclic amines) is 1. The van der Waals surface area contributed by atoms with E-state index in [1.807, 2.05) is 0 Å². The number of nitrogens with zero attached hydrogens (tertiary/aromatic N) is 1. The first kappa shape index (κ1) is 15.2. The van der Waals surface area contributed by atoms with Crippen LogP contribution in [0, 0.1) is 11.7 Å². The Hall–Kier alpha value is -2.17. The molecule has 0 radical (unpaired) electrons. The van der Waals surface area contributed by atoms with E-state index in [2.05, 4.69) is 0 Å². The summed E-state index contributed by atoms with van der Waals surface area (Å²) in [5.41, 5.74) is 1.27. The van der Waals surface area contributed by atoms with E-state index in [1.165, 1.54) is 12.1 Å². The number of carboxylic acids is 1. The van der Waals surface area contributed by atoms with E-state index in [9.17, 15) is 14.0 Å². The third-order valence-electron chi connectivity index (χ3n) is 3.65. The van der Waals surface area contributed by atoms with Gasteiger partial charge in [0, 0.05) is 18.7 Å². The van der Waals surface area contributed by atoms with Crippen LogP contribution in [0.2, 0.25) is 0 Å². The minimum absolute atomic E-state index is 0.162. The molecule has 1 aromatic rings. The van der Waals surface area contributed by atoms with Gasteiger partial charge in [-0.2, -0.15) is 0 Å². The molecule has 1 aromatic carbocycles. The molecule has 0 aliphatic carbocycles. The van der Waals surface area contributed by atoms with Crippen LogP contribution in [0.1, 0.15) is 25.3 Å². The molecule has 0 saturated carbocycles. The van der Waals surface area contributed by atoms with Crippen LogP contribution >= 0.6 is 0 Å². The minimum Gasteiger partial charge on any atom is -0.481 e. The van der Waals surface area contributed by atoms with Crippen LogP contribution in [0.15, 0.2) is 29.8 Å². The fraction of sp³-hybridized carbons (Fsp3) is 0.375. The Labute approximate surface area is 122 Å². The maximum absolute atomic E-state index is 12.8. The molecule has 1 atom stereocenters. The number of benzene rings is 1. The summed E-state index contributed by atoms with van der Waals surface area (Å²) in [7, 11) is 0. The number of carbonyl (C=O) groups is 2. The number of piperidine rings is 1. The van der Waals surface area contributed by atoms with Crippen molar-refractivity contribution in [2.24, 2.45) is 5.92 Å². The van der Waals surface area contributed by atoms with Gasteiger partial charge in [0.25, 0.3) is 0 Å². The van der Waals surface area contributed by atoms with Gasteiger partial charge < -0.3 is 10.0 Å². The molecule has 1 aliphatic rings. The van der Waals surface area contributed by atoms with Crippen molar-refractivity contribution in [3.05, 3.63) is 41.2 Å². The molecule has 1 heterocycles. The van der Waals surface area contributed by atoms with Gasteiger partial charge in [0.1, 0.15) is 5.82 Å². The van der Waals surface area contributed by atoms with Gasteiger partial charge in [0.05, 0.1) is 5.92 Å². The molecule has 5 heteroatoms. The SMILES string of the molecule is C/C(=C/c1ccc(F)cc1)C(=O)N1CCC[C@H](C(=O)O)C1. The summed E-state index contributed by atoms with van der Waals surface area (Å²) in [5.74, 6) is -1.82. The van der Waals surface area contributed by atoms with Crippen molar-refractivity contribution in [3.63, 3.8) is 0 Å². The van der Waals surface area contributed by atoms with E-state index >= 15 is 0 Å². The lowest BCUT2D eigenvalue weighted by molar-refractivity contribution is -0.145. The average Bonchev–Trinajstić information content (AvgIpc) is 2.49. The van der Waals surface area contributed by atoms with Crippen molar-refractivity contribution in [2.45, 2.75) is 19.8 Å². The number of hydrogen-bond donors (Lipinski definition) is 1. The van der Waals surface area contributed by atoms with E-state index in [0.717, 1.165) is 5.56 Å². The van der Waals surface area contributed by atoms with E-state index < -0.39 is 11.9 Å². The normalized spacial score (nSPS) is 19.4. The zero-order chi connectivity index (χ0) is 15.4.